The van der Waals surface area contributed by atoms with Crippen molar-refractivity contribution in [1.29, 1.82) is 0 Å². The van der Waals surface area contributed by atoms with Crippen LogP contribution in [0.5, 0.6) is 0 Å². The zero-order valence-corrected chi connectivity index (χ0v) is 7.06. The Kier molecular flexibility index (Phi) is 2.69. The molecule has 0 unspecified atom stereocenters. The fourth-order valence-electron chi connectivity index (χ4n) is 1.02. The number of hydrogen-bond acceptors (Lipinski definition) is 4. The summed E-state index contributed by atoms with van der Waals surface area (Å²) in [5.41, 5.74) is 0.754. The standard InChI is InChI=1S/C8H8N2O3/c1-2-6-3-7(9-11)5-8(4-6)10(12)13/h3-5H,2H2,1H3. The van der Waals surface area contributed by atoms with Crippen LogP contribution in [0, 0.1) is 15.0 Å². The van der Waals surface area contributed by atoms with E-state index in [-0.39, 0.29) is 11.4 Å². The molecule has 0 aliphatic carbocycles. The summed E-state index contributed by atoms with van der Waals surface area (Å²) < 4.78 is 0. The molecule has 13 heavy (non-hydrogen) atoms. The van der Waals surface area contributed by atoms with Crippen LogP contribution in [0.3, 0.4) is 0 Å². The first kappa shape index (κ1) is 9.31. The number of aryl methyl sites for hydroxylation is 1. The normalized spacial score (nSPS) is 9.62. The van der Waals surface area contributed by atoms with Crippen LogP contribution in [-0.4, -0.2) is 4.92 Å². The lowest BCUT2D eigenvalue weighted by atomic mass is 10.1. The summed E-state index contributed by atoms with van der Waals surface area (Å²) in [6, 6.07) is 4.14. The van der Waals surface area contributed by atoms with Crippen molar-refractivity contribution in [3.63, 3.8) is 0 Å². The maximum atomic E-state index is 10.4. The van der Waals surface area contributed by atoms with Gasteiger partial charge in [0.1, 0.15) is 5.69 Å². The minimum atomic E-state index is -0.534. The van der Waals surface area contributed by atoms with Gasteiger partial charge in [-0.25, -0.2) is 0 Å². The molecule has 68 valence electrons. The second-order valence-electron chi connectivity index (χ2n) is 2.56. The molecule has 0 aliphatic heterocycles. The van der Waals surface area contributed by atoms with Gasteiger partial charge < -0.3 is 0 Å². The SMILES string of the molecule is CCc1cc(N=O)cc([N+](=O)[O-])c1. The summed E-state index contributed by atoms with van der Waals surface area (Å²) in [4.78, 5) is 20.0. The summed E-state index contributed by atoms with van der Waals surface area (Å²) in [5, 5.41) is 13.1. The monoisotopic (exact) mass is 180 g/mol. The summed E-state index contributed by atoms with van der Waals surface area (Å²) in [5.74, 6) is 0. The van der Waals surface area contributed by atoms with Gasteiger partial charge in [0.25, 0.3) is 5.69 Å². The number of nitro groups is 1. The first-order chi connectivity index (χ1) is 6.17. The number of benzene rings is 1. The van der Waals surface area contributed by atoms with Gasteiger partial charge in [-0.1, -0.05) is 6.92 Å². The van der Waals surface area contributed by atoms with E-state index in [1.807, 2.05) is 6.92 Å². The fraction of sp³-hybridized carbons (Fsp3) is 0.250. The van der Waals surface area contributed by atoms with Gasteiger partial charge in [-0.3, -0.25) is 10.1 Å². The Balaban J connectivity index is 3.22. The highest BCUT2D eigenvalue weighted by Crippen LogP contribution is 2.22. The van der Waals surface area contributed by atoms with Crippen LogP contribution < -0.4 is 0 Å². The van der Waals surface area contributed by atoms with Gasteiger partial charge in [0, 0.05) is 12.1 Å². The number of nitroso groups, excluding NO2 is 1. The Morgan fingerprint density at radius 2 is 2.15 bits per heavy atom. The zero-order chi connectivity index (χ0) is 9.84. The van der Waals surface area contributed by atoms with Crippen LogP contribution in [0.2, 0.25) is 0 Å². The molecule has 1 aromatic carbocycles. The van der Waals surface area contributed by atoms with Crippen molar-refractivity contribution in [2.45, 2.75) is 13.3 Å². The summed E-state index contributed by atoms with van der Waals surface area (Å²) in [6.45, 7) is 1.85. The first-order valence-electron chi connectivity index (χ1n) is 3.79. The number of nitrogens with zero attached hydrogens (tertiary/aromatic N) is 2. The lowest BCUT2D eigenvalue weighted by Gasteiger charge is -1.97. The molecule has 0 atom stereocenters. The Morgan fingerprint density at radius 3 is 2.62 bits per heavy atom. The predicted molar refractivity (Wildman–Crippen MR) is 47.9 cm³/mol. The molecule has 5 heteroatoms. The molecule has 0 aliphatic rings. The number of non-ortho nitro benzene ring substituents is 1. The van der Waals surface area contributed by atoms with Crippen LogP contribution in [0.15, 0.2) is 23.4 Å². The molecule has 0 saturated heterocycles. The van der Waals surface area contributed by atoms with E-state index in [0.717, 1.165) is 11.6 Å². The van der Waals surface area contributed by atoms with Crippen molar-refractivity contribution < 1.29 is 4.92 Å². The lowest BCUT2D eigenvalue weighted by Crippen LogP contribution is -1.89. The highest BCUT2D eigenvalue weighted by molar-refractivity contribution is 5.50. The third kappa shape index (κ3) is 2.08. The van der Waals surface area contributed by atoms with Gasteiger partial charge in [-0.2, -0.15) is 0 Å². The second-order valence-corrected chi connectivity index (χ2v) is 2.56. The minimum absolute atomic E-state index is 0.0889. The molecule has 0 spiro atoms. The van der Waals surface area contributed by atoms with Crippen LogP contribution in [-0.2, 0) is 6.42 Å². The van der Waals surface area contributed by atoms with Crippen molar-refractivity contribution in [3.05, 3.63) is 38.8 Å². The van der Waals surface area contributed by atoms with Crippen molar-refractivity contribution in [2.75, 3.05) is 0 Å². The van der Waals surface area contributed by atoms with Gasteiger partial charge in [0.2, 0.25) is 0 Å². The number of nitro benzene ring substituents is 1. The topological polar surface area (TPSA) is 72.6 Å². The molecule has 0 fully saturated rings. The maximum absolute atomic E-state index is 10.4. The van der Waals surface area contributed by atoms with Gasteiger partial charge in [0.15, 0.2) is 0 Å². The van der Waals surface area contributed by atoms with Crippen LogP contribution in [0.25, 0.3) is 0 Å². The van der Waals surface area contributed by atoms with Crippen LogP contribution >= 0.6 is 0 Å². The molecule has 0 heterocycles. The molecule has 0 bridgehead atoms. The van der Waals surface area contributed by atoms with E-state index in [1.54, 1.807) is 6.07 Å². The van der Waals surface area contributed by atoms with Gasteiger partial charge in [-0.15, -0.1) is 4.91 Å². The molecule has 0 N–H and O–H groups in total. The Morgan fingerprint density at radius 1 is 1.46 bits per heavy atom. The first-order valence-corrected chi connectivity index (χ1v) is 3.79. The Hall–Kier alpha value is -1.78. The highest BCUT2D eigenvalue weighted by atomic mass is 16.6. The average molecular weight is 180 g/mol. The molecule has 0 saturated carbocycles. The molecule has 1 aromatic rings. The van der Waals surface area contributed by atoms with Gasteiger partial charge in [-0.05, 0) is 23.2 Å². The summed E-state index contributed by atoms with van der Waals surface area (Å²) in [6.07, 6.45) is 0.643. The van der Waals surface area contributed by atoms with E-state index in [0.29, 0.717) is 6.42 Å². The van der Waals surface area contributed by atoms with Crippen molar-refractivity contribution in [3.8, 4) is 0 Å². The van der Waals surface area contributed by atoms with E-state index in [2.05, 4.69) is 5.18 Å². The summed E-state index contributed by atoms with van der Waals surface area (Å²) in [7, 11) is 0. The maximum Gasteiger partial charge on any atom is 0.271 e. The summed E-state index contributed by atoms with van der Waals surface area (Å²) >= 11 is 0. The Labute approximate surface area is 74.5 Å². The molecular formula is C8H8N2O3. The average Bonchev–Trinajstić information content (AvgIpc) is 2.16. The van der Waals surface area contributed by atoms with Gasteiger partial charge >= 0.3 is 0 Å². The van der Waals surface area contributed by atoms with Gasteiger partial charge in [0.05, 0.1) is 4.92 Å². The third-order valence-corrected chi connectivity index (χ3v) is 1.69. The smallest absolute Gasteiger partial charge is 0.258 e. The van der Waals surface area contributed by atoms with E-state index < -0.39 is 4.92 Å². The van der Waals surface area contributed by atoms with E-state index in [9.17, 15) is 15.0 Å². The fourth-order valence-corrected chi connectivity index (χ4v) is 1.02. The minimum Gasteiger partial charge on any atom is -0.258 e. The van der Waals surface area contributed by atoms with E-state index in [4.69, 9.17) is 0 Å². The van der Waals surface area contributed by atoms with Crippen molar-refractivity contribution >= 4 is 11.4 Å². The Bertz CT molecular complexity index is 349. The second kappa shape index (κ2) is 3.75. The predicted octanol–water partition coefficient (Wildman–Crippen LogP) is 2.56. The van der Waals surface area contributed by atoms with Crippen LogP contribution in [0.4, 0.5) is 11.4 Å². The molecule has 0 amide bonds. The lowest BCUT2D eigenvalue weighted by molar-refractivity contribution is -0.384. The molecule has 0 aromatic heterocycles. The highest BCUT2D eigenvalue weighted by Gasteiger charge is 2.08. The molecule has 0 radical (unpaired) electrons. The van der Waals surface area contributed by atoms with Crippen molar-refractivity contribution in [1.82, 2.24) is 0 Å². The molecule has 1 rings (SSSR count). The van der Waals surface area contributed by atoms with Crippen LogP contribution in [0.1, 0.15) is 12.5 Å². The molecule has 5 nitrogen and oxygen atoms in total. The quantitative estimate of drug-likeness (QED) is 0.407. The number of rotatable bonds is 3. The van der Waals surface area contributed by atoms with Crippen molar-refractivity contribution in [2.24, 2.45) is 5.18 Å². The third-order valence-electron chi connectivity index (χ3n) is 1.69. The zero-order valence-electron chi connectivity index (χ0n) is 7.06. The largest absolute Gasteiger partial charge is 0.271 e. The number of hydrogen-bond donors (Lipinski definition) is 0. The van der Waals surface area contributed by atoms with E-state index >= 15 is 0 Å². The molecular weight excluding hydrogens is 172 g/mol. The van der Waals surface area contributed by atoms with E-state index in [1.165, 1.54) is 6.07 Å².